The van der Waals surface area contributed by atoms with E-state index >= 15 is 0 Å². The average molecular weight is 253 g/mol. The molecule has 0 atom stereocenters. The zero-order valence-electron chi connectivity index (χ0n) is 10.6. The van der Waals surface area contributed by atoms with Crippen LogP contribution in [0.5, 0.6) is 0 Å². The van der Waals surface area contributed by atoms with E-state index in [2.05, 4.69) is 26.2 Å². The lowest BCUT2D eigenvalue weighted by Gasteiger charge is -2.18. The smallest absolute Gasteiger partial charge is 0.199 e. The van der Waals surface area contributed by atoms with Crippen LogP contribution in [0.1, 0.15) is 49.4 Å². The van der Waals surface area contributed by atoms with Gasteiger partial charge in [-0.25, -0.2) is 4.98 Å². The average Bonchev–Trinajstić information content (AvgIpc) is 2.98. The number of rotatable bonds is 2. The molecule has 96 valence electrons. The zero-order valence-corrected chi connectivity index (χ0v) is 10.6. The van der Waals surface area contributed by atoms with Crippen LogP contribution in [0.4, 0.5) is 0 Å². The fourth-order valence-corrected chi connectivity index (χ4v) is 2.54. The van der Waals surface area contributed by atoms with Gasteiger partial charge in [0, 0.05) is 12.1 Å². The molecule has 1 N–H and O–H groups in total. The highest BCUT2D eigenvalue weighted by Gasteiger charge is 2.19. The lowest BCUT2D eigenvalue weighted by molar-refractivity contribution is 0.429. The molecule has 19 heavy (non-hydrogen) atoms. The molecule has 0 aliphatic heterocycles. The zero-order chi connectivity index (χ0) is 13.1. The van der Waals surface area contributed by atoms with Crippen molar-refractivity contribution in [2.24, 2.45) is 0 Å². The minimum atomic E-state index is 0.508. The molecule has 1 saturated carbocycles. The van der Waals surface area contributed by atoms with Gasteiger partial charge in [-0.1, -0.05) is 19.3 Å². The third-order valence-corrected chi connectivity index (χ3v) is 3.62. The summed E-state index contributed by atoms with van der Waals surface area (Å²) in [6, 6.07) is 5.57. The summed E-state index contributed by atoms with van der Waals surface area (Å²) in [5.74, 6) is 2.10. The van der Waals surface area contributed by atoms with E-state index in [1.807, 2.05) is 0 Å². The van der Waals surface area contributed by atoms with Gasteiger partial charge >= 0.3 is 0 Å². The number of H-pyrrole nitrogens is 1. The van der Waals surface area contributed by atoms with Crippen molar-refractivity contribution in [3.05, 3.63) is 29.7 Å². The van der Waals surface area contributed by atoms with Crippen molar-refractivity contribution < 1.29 is 0 Å². The molecule has 0 radical (unpaired) electrons. The maximum Gasteiger partial charge on any atom is 0.199 e. The Morgan fingerprint density at radius 2 is 2.05 bits per heavy atom. The molecule has 2 aromatic heterocycles. The Bertz CT molecular complexity index is 587. The van der Waals surface area contributed by atoms with E-state index < -0.39 is 0 Å². The Hall–Kier alpha value is -2.22. The second kappa shape index (κ2) is 5.19. The third kappa shape index (κ3) is 2.48. The molecule has 0 spiro atoms. The number of nitrogens with zero attached hydrogens (tertiary/aromatic N) is 4. The Balaban J connectivity index is 1.81. The van der Waals surface area contributed by atoms with E-state index in [1.54, 1.807) is 18.3 Å². The summed E-state index contributed by atoms with van der Waals surface area (Å²) in [7, 11) is 0. The molecule has 3 rings (SSSR count). The van der Waals surface area contributed by atoms with Crippen LogP contribution in [-0.4, -0.2) is 20.2 Å². The molecule has 0 saturated heterocycles. The Kier molecular flexibility index (Phi) is 3.23. The van der Waals surface area contributed by atoms with Gasteiger partial charge in [-0.2, -0.15) is 10.4 Å². The Morgan fingerprint density at radius 3 is 2.74 bits per heavy atom. The first-order valence-electron chi connectivity index (χ1n) is 6.65. The summed E-state index contributed by atoms with van der Waals surface area (Å²) in [6.07, 6.45) is 7.80. The van der Waals surface area contributed by atoms with Crippen molar-refractivity contribution in [1.29, 1.82) is 5.26 Å². The van der Waals surface area contributed by atoms with Crippen LogP contribution in [0.2, 0.25) is 0 Å². The fraction of sp³-hybridized carbons (Fsp3) is 0.429. The highest BCUT2D eigenvalue weighted by molar-refractivity contribution is 5.49. The number of hydrogen-bond acceptors (Lipinski definition) is 4. The molecule has 1 fully saturated rings. The molecular weight excluding hydrogens is 238 g/mol. The molecule has 2 heterocycles. The maximum absolute atomic E-state index is 8.75. The van der Waals surface area contributed by atoms with Crippen LogP contribution in [-0.2, 0) is 0 Å². The molecule has 0 unspecified atom stereocenters. The molecule has 5 heteroatoms. The second-order valence-corrected chi connectivity index (χ2v) is 4.92. The van der Waals surface area contributed by atoms with Crippen LogP contribution in [0.3, 0.4) is 0 Å². The van der Waals surface area contributed by atoms with E-state index in [0.717, 1.165) is 5.82 Å². The first-order valence-corrected chi connectivity index (χ1v) is 6.65. The third-order valence-electron chi connectivity index (χ3n) is 3.62. The Morgan fingerprint density at radius 1 is 1.21 bits per heavy atom. The van der Waals surface area contributed by atoms with E-state index in [0.29, 0.717) is 23.0 Å². The minimum absolute atomic E-state index is 0.508. The lowest BCUT2D eigenvalue weighted by atomic mass is 9.89. The van der Waals surface area contributed by atoms with Gasteiger partial charge in [0.2, 0.25) is 0 Å². The van der Waals surface area contributed by atoms with Crippen LogP contribution < -0.4 is 0 Å². The van der Waals surface area contributed by atoms with Gasteiger partial charge in [-0.3, -0.25) is 10.1 Å². The van der Waals surface area contributed by atoms with Crippen molar-refractivity contribution in [2.75, 3.05) is 0 Å². The van der Waals surface area contributed by atoms with Crippen molar-refractivity contribution in [3.63, 3.8) is 0 Å². The monoisotopic (exact) mass is 253 g/mol. The molecular formula is C14H15N5. The summed E-state index contributed by atoms with van der Waals surface area (Å²) < 4.78 is 0. The van der Waals surface area contributed by atoms with Crippen molar-refractivity contribution >= 4 is 0 Å². The summed E-state index contributed by atoms with van der Waals surface area (Å²) >= 11 is 0. The lowest BCUT2D eigenvalue weighted by Crippen LogP contribution is -2.06. The number of pyridine rings is 1. The fourth-order valence-electron chi connectivity index (χ4n) is 2.54. The summed E-state index contributed by atoms with van der Waals surface area (Å²) in [5, 5.41) is 16.0. The number of aromatic amines is 1. The van der Waals surface area contributed by atoms with Crippen LogP contribution in [0.25, 0.3) is 11.5 Å². The van der Waals surface area contributed by atoms with Crippen molar-refractivity contribution in [2.45, 2.75) is 38.0 Å². The van der Waals surface area contributed by atoms with Crippen LogP contribution in [0.15, 0.2) is 18.3 Å². The normalized spacial score (nSPS) is 16.2. The first kappa shape index (κ1) is 11.8. The number of hydrogen-bond donors (Lipinski definition) is 1. The summed E-state index contributed by atoms with van der Waals surface area (Å²) in [4.78, 5) is 8.76. The van der Waals surface area contributed by atoms with E-state index in [4.69, 9.17) is 5.26 Å². The first-order chi connectivity index (χ1) is 9.36. The van der Waals surface area contributed by atoms with Crippen LogP contribution in [0, 0.1) is 11.3 Å². The molecule has 2 aromatic rings. The van der Waals surface area contributed by atoms with Gasteiger partial charge in [0.15, 0.2) is 5.82 Å². The molecule has 5 nitrogen and oxygen atoms in total. The van der Waals surface area contributed by atoms with E-state index in [1.165, 1.54) is 32.1 Å². The summed E-state index contributed by atoms with van der Waals surface area (Å²) in [5.41, 5.74) is 1.25. The molecule has 1 aliphatic rings. The predicted octanol–water partition coefficient (Wildman–Crippen LogP) is 2.79. The van der Waals surface area contributed by atoms with Gasteiger partial charge in [0.05, 0.1) is 5.56 Å². The summed E-state index contributed by atoms with van der Waals surface area (Å²) in [6.45, 7) is 0. The minimum Gasteiger partial charge on any atom is -0.262 e. The topological polar surface area (TPSA) is 78.2 Å². The standard InChI is InChI=1S/C14H15N5/c15-8-10-6-7-12(16-9-10)14-17-13(18-19-14)11-4-2-1-3-5-11/h6-7,9,11H,1-5H2,(H,17,18,19). The SMILES string of the molecule is N#Cc1ccc(-c2n[nH]c(C3CCCCC3)n2)nc1. The maximum atomic E-state index is 8.75. The quantitative estimate of drug-likeness (QED) is 0.892. The van der Waals surface area contributed by atoms with Crippen molar-refractivity contribution in [3.8, 4) is 17.6 Å². The van der Waals surface area contributed by atoms with Gasteiger partial charge in [-0.15, -0.1) is 0 Å². The van der Waals surface area contributed by atoms with E-state index in [9.17, 15) is 0 Å². The van der Waals surface area contributed by atoms with Gasteiger partial charge < -0.3 is 0 Å². The predicted molar refractivity (Wildman–Crippen MR) is 70.2 cm³/mol. The number of nitriles is 1. The van der Waals surface area contributed by atoms with E-state index in [-0.39, 0.29) is 0 Å². The van der Waals surface area contributed by atoms with Gasteiger partial charge in [0.25, 0.3) is 0 Å². The number of aromatic nitrogens is 4. The highest BCUT2D eigenvalue weighted by atomic mass is 15.2. The highest BCUT2D eigenvalue weighted by Crippen LogP contribution is 2.31. The van der Waals surface area contributed by atoms with Crippen molar-refractivity contribution in [1.82, 2.24) is 20.2 Å². The Labute approximate surface area is 111 Å². The molecule has 0 aromatic carbocycles. The molecule has 1 aliphatic carbocycles. The van der Waals surface area contributed by atoms with Gasteiger partial charge in [0.1, 0.15) is 17.6 Å². The van der Waals surface area contributed by atoms with Gasteiger partial charge in [-0.05, 0) is 25.0 Å². The second-order valence-electron chi connectivity index (χ2n) is 4.92. The molecule has 0 bridgehead atoms. The van der Waals surface area contributed by atoms with Crippen LogP contribution >= 0.6 is 0 Å². The number of nitrogens with one attached hydrogen (secondary N) is 1. The molecule has 0 amide bonds. The largest absolute Gasteiger partial charge is 0.262 e.